The second-order valence-electron chi connectivity index (χ2n) is 4.84. The van der Waals surface area contributed by atoms with Crippen LogP contribution in [0, 0.1) is 0 Å². The Morgan fingerprint density at radius 2 is 1.67 bits per heavy atom. The Balaban J connectivity index is 2.10. The van der Waals surface area contributed by atoms with E-state index in [9.17, 15) is 9.59 Å². The van der Waals surface area contributed by atoms with Gasteiger partial charge in [0, 0.05) is 17.1 Å². The summed E-state index contributed by atoms with van der Waals surface area (Å²) in [5.74, 6) is -0.850. The Kier molecular flexibility index (Phi) is 3.28. The van der Waals surface area contributed by atoms with E-state index in [1.54, 1.807) is 24.4 Å². The van der Waals surface area contributed by atoms with Crippen LogP contribution in [0.4, 0.5) is 0 Å². The highest BCUT2D eigenvalue weighted by atomic mass is 16.4. The third-order valence-corrected chi connectivity index (χ3v) is 3.43. The minimum absolute atomic E-state index is 0.00660. The molecule has 0 saturated carbocycles. The summed E-state index contributed by atoms with van der Waals surface area (Å²) in [6.07, 6.45) is 1.70. The van der Waals surface area contributed by atoms with Gasteiger partial charge in [-0.2, -0.15) is 0 Å². The van der Waals surface area contributed by atoms with E-state index >= 15 is 0 Å². The van der Waals surface area contributed by atoms with Gasteiger partial charge in [0.15, 0.2) is 0 Å². The van der Waals surface area contributed by atoms with Crippen molar-refractivity contribution in [3.63, 3.8) is 0 Å². The molecule has 2 aromatic carbocycles. The Morgan fingerprint density at radius 1 is 1.00 bits per heavy atom. The van der Waals surface area contributed by atoms with Gasteiger partial charge in [-0.05, 0) is 22.6 Å². The van der Waals surface area contributed by atoms with Crippen molar-refractivity contribution in [3.05, 3.63) is 70.6 Å². The van der Waals surface area contributed by atoms with Crippen molar-refractivity contribution in [2.45, 2.75) is 6.42 Å². The maximum Gasteiger partial charge on any atom is 0.307 e. The van der Waals surface area contributed by atoms with E-state index in [1.807, 2.05) is 30.3 Å². The van der Waals surface area contributed by atoms with E-state index in [0.717, 1.165) is 22.1 Å². The first-order valence-electron chi connectivity index (χ1n) is 6.57. The molecule has 2 N–H and O–H groups in total. The molecule has 0 spiro atoms. The van der Waals surface area contributed by atoms with Crippen molar-refractivity contribution in [2.75, 3.05) is 0 Å². The van der Waals surface area contributed by atoms with Crippen LogP contribution in [0.15, 0.2) is 59.5 Å². The van der Waals surface area contributed by atoms with E-state index in [-0.39, 0.29) is 12.0 Å². The fraction of sp³-hybridized carbons (Fsp3) is 0.0588. The Labute approximate surface area is 120 Å². The van der Waals surface area contributed by atoms with Gasteiger partial charge in [-0.3, -0.25) is 9.59 Å². The molecule has 0 aliphatic carbocycles. The summed E-state index contributed by atoms with van der Waals surface area (Å²) in [5.41, 5.74) is 2.50. The lowest BCUT2D eigenvalue weighted by Gasteiger charge is -2.07. The molecule has 3 rings (SSSR count). The molecule has 0 atom stereocenters. The van der Waals surface area contributed by atoms with Crippen molar-refractivity contribution in [1.82, 2.24) is 4.98 Å². The molecule has 0 unspecified atom stereocenters. The average molecular weight is 279 g/mol. The van der Waals surface area contributed by atoms with Crippen LogP contribution in [0.5, 0.6) is 0 Å². The summed E-state index contributed by atoms with van der Waals surface area (Å²) in [6.45, 7) is 0. The topological polar surface area (TPSA) is 70.2 Å². The second kappa shape index (κ2) is 5.25. The number of hydrogen-bond donors (Lipinski definition) is 2. The van der Waals surface area contributed by atoms with Crippen molar-refractivity contribution in [1.29, 1.82) is 0 Å². The number of aliphatic carboxylic acids is 1. The van der Waals surface area contributed by atoms with E-state index in [2.05, 4.69) is 4.98 Å². The predicted octanol–water partition coefficient (Wildman–Crippen LogP) is 2.82. The molecule has 1 aromatic heterocycles. The van der Waals surface area contributed by atoms with E-state index in [0.29, 0.717) is 5.39 Å². The van der Waals surface area contributed by atoms with Crippen LogP contribution in [0.3, 0.4) is 0 Å². The van der Waals surface area contributed by atoms with Gasteiger partial charge in [-0.15, -0.1) is 0 Å². The first-order valence-corrected chi connectivity index (χ1v) is 6.57. The maximum atomic E-state index is 11.8. The highest BCUT2D eigenvalue weighted by Crippen LogP contribution is 2.26. The number of carbonyl (C=O) groups is 1. The number of hydrogen-bond acceptors (Lipinski definition) is 2. The molecule has 1 heterocycles. The Hall–Kier alpha value is -2.88. The molecule has 0 saturated heterocycles. The summed E-state index contributed by atoms with van der Waals surface area (Å²) in [6, 6.07) is 14.8. The monoisotopic (exact) mass is 279 g/mol. The first-order chi connectivity index (χ1) is 10.1. The summed E-state index contributed by atoms with van der Waals surface area (Å²) in [5, 5.41) is 10.3. The molecule has 4 nitrogen and oxygen atoms in total. The van der Waals surface area contributed by atoms with Gasteiger partial charge in [-0.1, -0.05) is 42.5 Å². The number of pyridine rings is 1. The molecule has 21 heavy (non-hydrogen) atoms. The zero-order valence-electron chi connectivity index (χ0n) is 11.2. The van der Waals surface area contributed by atoms with Gasteiger partial charge < -0.3 is 10.1 Å². The second-order valence-corrected chi connectivity index (χ2v) is 4.84. The standard InChI is InChI=1S/C17H13NO3/c19-16(20)9-11-5-7-12(8-6-11)15-10-18-17(21)14-4-2-1-3-13(14)15/h1-8,10H,9H2,(H,18,21)(H,19,20). The van der Waals surface area contributed by atoms with Crippen LogP contribution in [0.1, 0.15) is 5.56 Å². The molecule has 4 heteroatoms. The van der Waals surface area contributed by atoms with Gasteiger partial charge in [0.1, 0.15) is 0 Å². The Morgan fingerprint density at radius 3 is 2.33 bits per heavy atom. The van der Waals surface area contributed by atoms with Crippen LogP contribution < -0.4 is 5.56 Å². The van der Waals surface area contributed by atoms with Gasteiger partial charge in [0.2, 0.25) is 0 Å². The van der Waals surface area contributed by atoms with Crippen LogP contribution in [0.25, 0.3) is 21.9 Å². The highest BCUT2D eigenvalue weighted by molar-refractivity contribution is 5.95. The number of aromatic nitrogens is 1. The number of H-pyrrole nitrogens is 1. The van der Waals surface area contributed by atoms with E-state index in [1.165, 1.54) is 0 Å². The summed E-state index contributed by atoms with van der Waals surface area (Å²) < 4.78 is 0. The highest BCUT2D eigenvalue weighted by Gasteiger charge is 2.07. The largest absolute Gasteiger partial charge is 0.481 e. The fourth-order valence-electron chi connectivity index (χ4n) is 2.42. The minimum Gasteiger partial charge on any atom is -0.481 e. The van der Waals surface area contributed by atoms with Crippen molar-refractivity contribution < 1.29 is 9.90 Å². The number of nitrogens with one attached hydrogen (secondary N) is 1. The number of fused-ring (bicyclic) bond motifs is 1. The lowest BCUT2D eigenvalue weighted by atomic mass is 9.99. The lowest BCUT2D eigenvalue weighted by Crippen LogP contribution is -2.05. The number of aromatic amines is 1. The predicted molar refractivity (Wildman–Crippen MR) is 81.3 cm³/mol. The van der Waals surface area contributed by atoms with Crippen LogP contribution >= 0.6 is 0 Å². The minimum atomic E-state index is -0.850. The van der Waals surface area contributed by atoms with E-state index in [4.69, 9.17) is 5.11 Å². The third kappa shape index (κ3) is 2.56. The van der Waals surface area contributed by atoms with Crippen molar-refractivity contribution in [2.24, 2.45) is 0 Å². The molecular weight excluding hydrogens is 266 g/mol. The summed E-state index contributed by atoms with van der Waals surface area (Å²) >= 11 is 0. The maximum absolute atomic E-state index is 11.8. The number of benzene rings is 2. The molecular formula is C17H13NO3. The van der Waals surface area contributed by atoms with Gasteiger partial charge >= 0.3 is 5.97 Å². The fourth-order valence-corrected chi connectivity index (χ4v) is 2.42. The SMILES string of the molecule is O=C(O)Cc1ccc(-c2c[nH]c(=O)c3ccccc23)cc1. The average Bonchev–Trinajstić information content (AvgIpc) is 2.48. The quantitative estimate of drug-likeness (QED) is 0.774. The number of carboxylic acids is 1. The molecule has 0 fully saturated rings. The van der Waals surface area contributed by atoms with E-state index < -0.39 is 5.97 Å². The Bertz CT molecular complexity index is 863. The third-order valence-electron chi connectivity index (χ3n) is 3.43. The molecule has 0 amide bonds. The molecule has 0 radical (unpaired) electrons. The van der Waals surface area contributed by atoms with Gasteiger partial charge in [0.05, 0.1) is 6.42 Å². The van der Waals surface area contributed by atoms with Crippen LogP contribution in [0.2, 0.25) is 0 Å². The number of carboxylic acid groups (broad SMARTS) is 1. The normalized spacial score (nSPS) is 10.7. The van der Waals surface area contributed by atoms with Gasteiger partial charge in [0.25, 0.3) is 5.56 Å². The molecule has 104 valence electrons. The summed E-state index contributed by atoms with van der Waals surface area (Å²) in [4.78, 5) is 25.3. The zero-order valence-corrected chi connectivity index (χ0v) is 11.2. The number of rotatable bonds is 3. The van der Waals surface area contributed by atoms with Crippen molar-refractivity contribution in [3.8, 4) is 11.1 Å². The first kappa shape index (κ1) is 13.1. The molecule has 0 aliphatic rings. The summed E-state index contributed by atoms with van der Waals surface area (Å²) in [7, 11) is 0. The van der Waals surface area contributed by atoms with Crippen molar-refractivity contribution >= 4 is 16.7 Å². The van der Waals surface area contributed by atoms with Gasteiger partial charge in [-0.25, -0.2) is 0 Å². The molecule has 0 bridgehead atoms. The smallest absolute Gasteiger partial charge is 0.307 e. The van der Waals surface area contributed by atoms with Crippen LogP contribution in [-0.4, -0.2) is 16.1 Å². The molecule has 0 aliphatic heterocycles. The zero-order chi connectivity index (χ0) is 14.8. The van der Waals surface area contributed by atoms with Crippen LogP contribution in [-0.2, 0) is 11.2 Å². The lowest BCUT2D eigenvalue weighted by molar-refractivity contribution is -0.136. The molecule has 3 aromatic rings.